The summed E-state index contributed by atoms with van der Waals surface area (Å²) in [4.78, 5) is 2.08. The number of nitrogens with zero attached hydrogens (tertiary/aromatic N) is 2. The summed E-state index contributed by atoms with van der Waals surface area (Å²) in [6.45, 7) is 5.51. The molecule has 0 aromatic rings. The summed E-state index contributed by atoms with van der Waals surface area (Å²) in [7, 11) is -3.30. The highest BCUT2D eigenvalue weighted by atomic mass is 32.2. The van der Waals surface area contributed by atoms with Gasteiger partial charge >= 0.3 is 0 Å². The summed E-state index contributed by atoms with van der Waals surface area (Å²) in [6, 6.07) is 0. The van der Waals surface area contributed by atoms with E-state index in [4.69, 9.17) is 5.11 Å². The van der Waals surface area contributed by atoms with Gasteiger partial charge in [0.15, 0.2) is 0 Å². The predicted molar refractivity (Wildman–Crippen MR) is 62.3 cm³/mol. The van der Waals surface area contributed by atoms with Crippen molar-refractivity contribution in [1.29, 1.82) is 0 Å². The molecule has 0 aromatic heterocycles. The van der Waals surface area contributed by atoms with Gasteiger partial charge in [-0.1, -0.05) is 6.92 Å². The second kappa shape index (κ2) is 6.51. The third-order valence-electron chi connectivity index (χ3n) is 2.63. The average molecular weight is 251 g/mol. The molecule has 0 atom stereocenters. The van der Waals surface area contributed by atoms with Crippen LogP contribution in [0, 0.1) is 0 Å². The van der Waals surface area contributed by atoms with Gasteiger partial charge in [0.25, 0.3) is 10.2 Å². The molecule has 1 fully saturated rings. The molecule has 0 unspecified atom stereocenters. The molecule has 0 saturated carbocycles. The smallest absolute Gasteiger partial charge is 0.279 e. The fourth-order valence-electron chi connectivity index (χ4n) is 1.83. The second-order valence-electron chi connectivity index (χ2n) is 3.82. The Morgan fingerprint density at radius 2 is 2.00 bits per heavy atom. The zero-order valence-electron chi connectivity index (χ0n) is 9.72. The van der Waals surface area contributed by atoms with Crippen LogP contribution in [0.5, 0.6) is 0 Å². The first-order chi connectivity index (χ1) is 7.60. The topological polar surface area (TPSA) is 72.9 Å². The number of aliphatic hydroxyl groups is 1. The van der Waals surface area contributed by atoms with Crippen LogP contribution in [0.15, 0.2) is 0 Å². The summed E-state index contributed by atoms with van der Waals surface area (Å²) in [5, 5.41) is 8.83. The molecular weight excluding hydrogens is 230 g/mol. The van der Waals surface area contributed by atoms with Crippen LogP contribution >= 0.6 is 0 Å². The Bertz CT molecular complexity index is 294. The van der Waals surface area contributed by atoms with E-state index in [1.807, 2.05) is 0 Å². The van der Waals surface area contributed by atoms with Gasteiger partial charge in [-0.3, -0.25) is 4.90 Å². The Hall–Kier alpha value is -0.210. The first kappa shape index (κ1) is 13.9. The maximum absolute atomic E-state index is 11.7. The van der Waals surface area contributed by atoms with E-state index >= 15 is 0 Å². The predicted octanol–water partition coefficient (Wildman–Crippen LogP) is -1.16. The highest BCUT2D eigenvalue weighted by molar-refractivity contribution is 7.87. The van der Waals surface area contributed by atoms with E-state index in [-0.39, 0.29) is 6.61 Å². The molecule has 0 bridgehead atoms. The van der Waals surface area contributed by atoms with Gasteiger partial charge in [0.2, 0.25) is 0 Å². The maximum atomic E-state index is 11.7. The van der Waals surface area contributed by atoms with Crippen LogP contribution in [-0.2, 0) is 10.2 Å². The minimum absolute atomic E-state index is 0.125. The summed E-state index contributed by atoms with van der Waals surface area (Å²) < 4.78 is 27.5. The van der Waals surface area contributed by atoms with Crippen LogP contribution in [0.2, 0.25) is 0 Å². The molecule has 96 valence electrons. The Kier molecular flexibility index (Phi) is 5.63. The van der Waals surface area contributed by atoms with E-state index in [1.54, 1.807) is 6.92 Å². The summed E-state index contributed by atoms with van der Waals surface area (Å²) in [5.41, 5.74) is 0. The number of aliphatic hydroxyl groups excluding tert-OH is 1. The van der Waals surface area contributed by atoms with E-state index in [1.165, 1.54) is 4.31 Å². The van der Waals surface area contributed by atoms with Crippen molar-refractivity contribution in [3.8, 4) is 0 Å². The Balaban J connectivity index is 2.53. The van der Waals surface area contributed by atoms with Gasteiger partial charge in [-0.25, -0.2) is 4.72 Å². The molecule has 0 amide bonds. The van der Waals surface area contributed by atoms with Gasteiger partial charge in [-0.2, -0.15) is 12.7 Å². The van der Waals surface area contributed by atoms with Gasteiger partial charge in [-0.15, -0.1) is 0 Å². The van der Waals surface area contributed by atoms with Crippen molar-refractivity contribution in [3.05, 3.63) is 0 Å². The van der Waals surface area contributed by atoms with Gasteiger partial charge in [0, 0.05) is 32.7 Å². The highest BCUT2D eigenvalue weighted by Gasteiger charge is 2.23. The van der Waals surface area contributed by atoms with Crippen molar-refractivity contribution >= 4 is 10.2 Å². The van der Waals surface area contributed by atoms with Crippen molar-refractivity contribution in [2.45, 2.75) is 13.3 Å². The minimum Gasteiger partial charge on any atom is -0.395 e. The van der Waals surface area contributed by atoms with Crippen LogP contribution in [0.25, 0.3) is 0 Å². The monoisotopic (exact) mass is 251 g/mol. The van der Waals surface area contributed by atoms with Crippen LogP contribution in [0.3, 0.4) is 0 Å². The number of hydrogen-bond acceptors (Lipinski definition) is 4. The molecule has 1 saturated heterocycles. The Morgan fingerprint density at radius 3 is 2.62 bits per heavy atom. The molecule has 1 aliphatic rings. The zero-order valence-corrected chi connectivity index (χ0v) is 10.5. The largest absolute Gasteiger partial charge is 0.395 e. The highest BCUT2D eigenvalue weighted by Crippen LogP contribution is 2.06. The van der Waals surface area contributed by atoms with E-state index in [2.05, 4.69) is 9.62 Å². The van der Waals surface area contributed by atoms with E-state index < -0.39 is 10.2 Å². The molecule has 0 radical (unpaired) electrons. The summed E-state index contributed by atoms with van der Waals surface area (Å²) in [6.07, 6.45) is 0.810. The molecule has 16 heavy (non-hydrogen) atoms. The Morgan fingerprint density at radius 1 is 1.25 bits per heavy atom. The molecule has 0 aliphatic carbocycles. The number of β-amino-alcohol motifs (C(OH)–C–C–N with tert-alkyl or cyclic N) is 1. The number of rotatable bonds is 5. The van der Waals surface area contributed by atoms with Crippen molar-refractivity contribution < 1.29 is 13.5 Å². The van der Waals surface area contributed by atoms with Gasteiger partial charge in [0.05, 0.1) is 6.61 Å². The zero-order chi connectivity index (χ0) is 12.0. The van der Waals surface area contributed by atoms with Crippen molar-refractivity contribution in [3.63, 3.8) is 0 Å². The lowest BCUT2D eigenvalue weighted by atomic mass is 10.4. The van der Waals surface area contributed by atoms with Crippen LogP contribution in [0.4, 0.5) is 0 Å². The van der Waals surface area contributed by atoms with Gasteiger partial charge < -0.3 is 5.11 Å². The fraction of sp³-hybridized carbons (Fsp3) is 1.00. The number of hydrogen-bond donors (Lipinski definition) is 2. The van der Waals surface area contributed by atoms with E-state index in [0.29, 0.717) is 32.7 Å². The van der Waals surface area contributed by atoms with Crippen LogP contribution in [0.1, 0.15) is 13.3 Å². The average Bonchev–Trinajstić information content (AvgIpc) is 2.44. The quantitative estimate of drug-likeness (QED) is 0.646. The molecule has 1 rings (SSSR count). The van der Waals surface area contributed by atoms with Gasteiger partial charge in [-0.05, 0) is 13.0 Å². The maximum Gasteiger partial charge on any atom is 0.279 e. The second-order valence-corrected chi connectivity index (χ2v) is 5.58. The molecule has 2 N–H and O–H groups in total. The number of nitrogens with one attached hydrogen (secondary N) is 1. The first-order valence-electron chi connectivity index (χ1n) is 5.68. The lowest BCUT2D eigenvalue weighted by molar-refractivity contribution is 0.202. The Labute approximate surface area is 97.4 Å². The summed E-state index contributed by atoms with van der Waals surface area (Å²) >= 11 is 0. The standard InChI is InChI=1S/C9H21N3O3S/c1-2-10-16(14,15)12-5-3-4-11(6-7-12)8-9-13/h10,13H,2-9H2,1H3. The molecule has 1 heterocycles. The van der Waals surface area contributed by atoms with Crippen molar-refractivity contribution in [2.24, 2.45) is 0 Å². The van der Waals surface area contributed by atoms with E-state index in [0.717, 1.165) is 13.0 Å². The molecular formula is C9H21N3O3S. The SMILES string of the molecule is CCNS(=O)(=O)N1CCCN(CCO)CC1. The van der Waals surface area contributed by atoms with E-state index in [9.17, 15) is 8.42 Å². The lowest BCUT2D eigenvalue weighted by Crippen LogP contribution is -2.42. The molecule has 1 aliphatic heterocycles. The molecule has 0 spiro atoms. The van der Waals surface area contributed by atoms with Gasteiger partial charge in [0.1, 0.15) is 0 Å². The normalized spacial score (nSPS) is 20.9. The van der Waals surface area contributed by atoms with Crippen molar-refractivity contribution in [1.82, 2.24) is 13.9 Å². The molecule has 6 nitrogen and oxygen atoms in total. The minimum atomic E-state index is -3.30. The third-order valence-corrected chi connectivity index (χ3v) is 4.33. The lowest BCUT2D eigenvalue weighted by Gasteiger charge is -2.20. The third kappa shape index (κ3) is 3.99. The van der Waals surface area contributed by atoms with Crippen LogP contribution < -0.4 is 4.72 Å². The fourth-order valence-corrected chi connectivity index (χ4v) is 3.07. The first-order valence-corrected chi connectivity index (χ1v) is 7.12. The van der Waals surface area contributed by atoms with Crippen molar-refractivity contribution in [2.75, 3.05) is 45.9 Å². The van der Waals surface area contributed by atoms with Crippen LogP contribution in [-0.4, -0.2) is 68.6 Å². The summed E-state index contributed by atoms with van der Waals surface area (Å²) in [5.74, 6) is 0. The molecule has 7 heteroatoms. The molecule has 0 aromatic carbocycles.